The molecule has 1 heterocycles. The lowest BCUT2D eigenvalue weighted by Gasteiger charge is -2.32. The summed E-state index contributed by atoms with van der Waals surface area (Å²) in [6.07, 6.45) is 6.48. The number of hydrogen-bond donors (Lipinski definition) is 2. The van der Waals surface area contributed by atoms with Crippen LogP contribution >= 0.6 is 0 Å². The van der Waals surface area contributed by atoms with Crippen LogP contribution in [0.4, 0.5) is 0 Å². The van der Waals surface area contributed by atoms with Crippen molar-refractivity contribution in [2.24, 2.45) is 11.7 Å². The van der Waals surface area contributed by atoms with Gasteiger partial charge in [-0.1, -0.05) is 12.8 Å². The van der Waals surface area contributed by atoms with Crippen molar-refractivity contribution < 1.29 is 9.53 Å². The molecule has 0 radical (unpaired) electrons. The van der Waals surface area contributed by atoms with Crippen LogP contribution < -0.4 is 11.1 Å². The molecule has 0 aromatic rings. The van der Waals surface area contributed by atoms with Crippen molar-refractivity contribution in [1.82, 2.24) is 5.32 Å². The summed E-state index contributed by atoms with van der Waals surface area (Å²) in [6.45, 7) is 2.70. The van der Waals surface area contributed by atoms with Crippen molar-refractivity contribution in [3.05, 3.63) is 0 Å². The Kier molecular flexibility index (Phi) is 4.40. The summed E-state index contributed by atoms with van der Waals surface area (Å²) in [5, 5.41) is 3.14. The van der Waals surface area contributed by atoms with E-state index < -0.39 is 0 Å². The summed E-state index contributed by atoms with van der Waals surface area (Å²) in [6, 6.07) is 0.265. The predicted molar refractivity (Wildman–Crippen MR) is 66.5 cm³/mol. The van der Waals surface area contributed by atoms with Crippen LogP contribution in [0.15, 0.2) is 0 Å². The lowest BCUT2D eigenvalue weighted by atomic mass is 9.84. The minimum absolute atomic E-state index is 0.0692. The SMILES string of the molecule is CC1CCC(C(=O)NC2CCCCC2CN)O1. The number of carbonyl (C=O) groups is 1. The Morgan fingerprint density at radius 3 is 2.71 bits per heavy atom. The molecule has 1 saturated heterocycles. The van der Waals surface area contributed by atoms with Crippen LogP contribution in [0.5, 0.6) is 0 Å². The third-order valence-electron chi connectivity index (χ3n) is 4.06. The smallest absolute Gasteiger partial charge is 0.249 e. The van der Waals surface area contributed by atoms with Gasteiger partial charge in [-0.05, 0) is 45.1 Å². The van der Waals surface area contributed by atoms with Crippen LogP contribution in [0.25, 0.3) is 0 Å². The Bertz CT molecular complexity index is 270. The van der Waals surface area contributed by atoms with Gasteiger partial charge in [0.1, 0.15) is 6.10 Å². The van der Waals surface area contributed by atoms with Gasteiger partial charge in [-0.3, -0.25) is 4.79 Å². The normalized spacial score (nSPS) is 38.0. The van der Waals surface area contributed by atoms with Crippen molar-refractivity contribution >= 4 is 5.91 Å². The Morgan fingerprint density at radius 1 is 1.29 bits per heavy atom. The highest BCUT2D eigenvalue weighted by Gasteiger charge is 2.32. The van der Waals surface area contributed by atoms with Gasteiger partial charge in [0.25, 0.3) is 0 Å². The first-order chi connectivity index (χ1) is 8.20. The van der Waals surface area contributed by atoms with E-state index in [4.69, 9.17) is 10.5 Å². The van der Waals surface area contributed by atoms with Crippen molar-refractivity contribution in [3.8, 4) is 0 Å². The quantitative estimate of drug-likeness (QED) is 0.779. The van der Waals surface area contributed by atoms with E-state index in [1.165, 1.54) is 12.8 Å². The van der Waals surface area contributed by atoms with Gasteiger partial charge in [-0.15, -0.1) is 0 Å². The molecule has 4 heteroatoms. The molecule has 2 fully saturated rings. The highest BCUT2D eigenvalue weighted by molar-refractivity contribution is 5.81. The lowest BCUT2D eigenvalue weighted by Crippen LogP contribution is -2.48. The van der Waals surface area contributed by atoms with Crippen molar-refractivity contribution in [1.29, 1.82) is 0 Å². The molecule has 1 saturated carbocycles. The van der Waals surface area contributed by atoms with Gasteiger partial charge < -0.3 is 15.8 Å². The molecule has 2 aliphatic rings. The molecule has 3 N–H and O–H groups in total. The first kappa shape index (κ1) is 12.8. The zero-order valence-electron chi connectivity index (χ0n) is 10.7. The Balaban J connectivity index is 1.84. The van der Waals surface area contributed by atoms with Gasteiger partial charge in [0.15, 0.2) is 0 Å². The van der Waals surface area contributed by atoms with Gasteiger partial charge in [0, 0.05) is 6.04 Å². The molecular formula is C13H24N2O2. The Morgan fingerprint density at radius 2 is 2.06 bits per heavy atom. The molecule has 17 heavy (non-hydrogen) atoms. The summed E-state index contributed by atoms with van der Waals surface area (Å²) in [7, 11) is 0. The highest BCUT2D eigenvalue weighted by atomic mass is 16.5. The second-order valence-corrected chi connectivity index (χ2v) is 5.41. The van der Waals surface area contributed by atoms with E-state index in [1.807, 2.05) is 6.92 Å². The molecule has 2 rings (SSSR count). The van der Waals surface area contributed by atoms with E-state index in [2.05, 4.69) is 5.32 Å². The van der Waals surface area contributed by atoms with Gasteiger partial charge in [0.05, 0.1) is 6.10 Å². The molecule has 4 nitrogen and oxygen atoms in total. The molecular weight excluding hydrogens is 216 g/mol. The molecule has 0 spiro atoms. The fraction of sp³-hybridized carbons (Fsp3) is 0.923. The molecule has 0 aromatic carbocycles. The number of ether oxygens (including phenoxy) is 1. The zero-order valence-corrected chi connectivity index (χ0v) is 10.7. The molecule has 1 amide bonds. The minimum atomic E-state index is -0.231. The zero-order chi connectivity index (χ0) is 12.3. The fourth-order valence-corrected chi connectivity index (χ4v) is 2.95. The highest BCUT2D eigenvalue weighted by Crippen LogP contribution is 2.25. The van der Waals surface area contributed by atoms with Crippen LogP contribution in [0.2, 0.25) is 0 Å². The number of nitrogens with one attached hydrogen (secondary N) is 1. The van der Waals surface area contributed by atoms with Gasteiger partial charge in [0.2, 0.25) is 5.91 Å². The second-order valence-electron chi connectivity index (χ2n) is 5.41. The van der Waals surface area contributed by atoms with E-state index in [0.717, 1.165) is 25.7 Å². The number of amides is 1. The summed E-state index contributed by atoms with van der Waals surface area (Å²) < 4.78 is 5.59. The molecule has 1 aliphatic carbocycles. The summed E-state index contributed by atoms with van der Waals surface area (Å²) in [5.74, 6) is 0.520. The Hall–Kier alpha value is -0.610. The van der Waals surface area contributed by atoms with E-state index in [-0.39, 0.29) is 24.2 Å². The lowest BCUT2D eigenvalue weighted by molar-refractivity contribution is -0.133. The van der Waals surface area contributed by atoms with E-state index in [1.54, 1.807) is 0 Å². The molecule has 4 atom stereocenters. The van der Waals surface area contributed by atoms with E-state index in [0.29, 0.717) is 12.5 Å². The average Bonchev–Trinajstić information content (AvgIpc) is 2.77. The summed E-state index contributed by atoms with van der Waals surface area (Å²) in [4.78, 5) is 12.0. The summed E-state index contributed by atoms with van der Waals surface area (Å²) >= 11 is 0. The molecule has 0 aromatic heterocycles. The maximum atomic E-state index is 12.0. The standard InChI is InChI=1S/C13H24N2O2/c1-9-6-7-12(17-9)13(16)15-11-5-3-2-4-10(11)8-14/h9-12H,2-8,14H2,1H3,(H,15,16). The monoisotopic (exact) mass is 240 g/mol. The second kappa shape index (κ2) is 5.83. The van der Waals surface area contributed by atoms with Crippen molar-refractivity contribution in [2.75, 3.05) is 6.54 Å². The Labute approximate surface area is 103 Å². The first-order valence-corrected chi connectivity index (χ1v) is 6.86. The van der Waals surface area contributed by atoms with Crippen molar-refractivity contribution in [2.45, 2.75) is 63.7 Å². The predicted octanol–water partition coefficient (Wildman–Crippen LogP) is 1.19. The van der Waals surface area contributed by atoms with Gasteiger partial charge >= 0.3 is 0 Å². The van der Waals surface area contributed by atoms with Crippen LogP contribution in [0, 0.1) is 5.92 Å². The average molecular weight is 240 g/mol. The van der Waals surface area contributed by atoms with E-state index in [9.17, 15) is 4.79 Å². The van der Waals surface area contributed by atoms with Gasteiger partial charge in [-0.25, -0.2) is 0 Å². The number of carbonyl (C=O) groups excluding carboxylic acids is 1. The fourth-order valence-electron chi connectivity index (χ4n) is 2.95. The molecule has 4 unspecified atom stereocenters. The number of rotatable bonds is 3. The summed E-state index contributed by atoms with van der Waals surface area (Å²) in [5.41, 5.74) is 5.76. The third kappa shape index (κ3) is 3.19. The first-order valence-electron chi connectivity index (χ1n) is 6.86. The van der Waals surface area contributed by atoms with Crippen LogP contribution in [-0.4, -0.2) is 30.7 Å². The number of hydrogen-bond acceptors (Lipinski definition) is 3. The van der Waals surface area contributed by atoms with Crippen LogP contribution in [0.1, 0.15) is 45.4 Å². The minimum Gasteiger partial charge on any atom is -0.365 e. The largest absolute Gasteiger partial charge is 0.365 e. The van der Waals surface area contributed by atoms with E-state index >= 15 is 0 Å². The molecule has 1 aliphatic heterocycles. The maximum absolute atomic E-state index is 12.0. The van der Waals surface area contributed by atoms with Crippen molar-refractivity contribution in [3.63, 3.8) is 0 Å². The third-order valence-corrected chi connectivity index (χ3v) is 4.06. The van der Waals surface area contributed by atoms with Gasteiger partial charge in [-0.2, -0.15) is 0 Å². The number of nitrogens with two attached hydrogens (primary N) is 1. The topological polar surface area (TPSA) is 64.4 Å². The maximum Gasteiger partial charge on any atom is 0.249 e. The molecule has 0 bridgehead atoms. The van der Waals surface area contributed by atoms with Crippen LogP contribution in [-0.2, 0) is 9.53 Å². The molecule has 98 valence electrons. The van der Waals surface area contributed by atoms with Crippen LogP contribution in [0.3, 0.4) is 0 Å².